The molecule has 24 heavy (non-hydrogen) atoms. The third kappa shape index (κ3) is 3.83. The van der Waals surface area contributed by atoms with E-state index in [1.165, 1.54) is 11.8 Å². The first-order chi connectivity index (χ1) is 10.9. The minimum absolute atomic E-state index is 0.136. The number of carbonyl (C=O) groups excluding carboxylic acids is 1. The third-order valence-electron chi connectivity index (χ3n) is 3.90. The van der Waals surface area contributed by atoms with Crippen molar-refractivity contribution in [1.29, 1.82) is 0 Å². The number of thioether (sulfide) groups is 1. The van der Waals surface area contributed by atoms with Crippen molar-refractivity contribution in [3.8, 4) is 5.75 Å². The highest BCUT2D eigenvalue weighted by molar-refractivity contribution is 8.18. The summed E-state index contributed by atoms with van der Waals surface area (Å²) in [5.74, 6) is 0.208. The number of hydrogen-bond donors (Lipinski definition) is 2. The van der Waals surface area contributed by atoms with Crippen molar-refractivity contribution in [3.05, 3.63) is 33.7 Å². The Morgan fingerprint density at radius 3 is 1.96 bits per heavy atom. The summed E-state index contributed by atoms with van der Waals surface area (Å²) in [4.78, 5) is 16.7. The molecule has 0 aromatic heterocycles. The van der Waals surface area contributed by atoms with Crippen LogP contribution in [-0.2, 0) is 15.6 Å². The van der Waals surface area contributed by atoms with E-state index in [4.69, 9.17) is 0 Å². The molecular formula is C19H26N2O2S. The molecule has 1 aromatic rings. The van der Waals surface area contributed by atoms with Gasteiger partial charge in [-0.3, -0.25) is 9.79 Å². The molecule has 0 aliphatic carbocycles. The van der Waals surface area contributed by atoms with E-state index < -0.39 is 0 Å². The zero-order valence-electron chi connectivity index (χ0n) is 15.4. The number of phenols is 1. The molecular weight excluding hydrogens is 320 g/mol. The summed E-state index contributed by atoms with van der Waals surface area (Å²) in [6.07, 6.45) is 1.86. The average molecular weight is 346 g/mol. The first-order valence-corrected chi connectivity index (χ1v) is 8.81. The SMILES string of the molecule is CN=C1NC(=O)C(=Cc2cc(C(C)(C)C)c(O)c(C(C)(C)C)c2)S1. The van der Waals surface area contributed by atoms with E-state index in [1.54, 1.807) is 7.05 Å². The number of hydrogen-bond acceptors (Lipinski definition) is 4. The van der Waals surface area contributed by atoms with Gasteiger partial charge in [0.05, 0.1) is 4.91 Å². The fourth-order valence-corrected chi connectivity index (χ4v) is 3.35. The lowest BCUT2D eigenvalue weighted by Gasteiger charge is -2.28. The van der Waals surface area contributed by atoms with E-state index >= 15 is 0 Å². The summed E-state index contributed by atoms with van der Waals surface area (Å²) >= 11 is 1.33. The molecule has 5 heteroatoms. The van der Waals surface area contributed by atoms with Crippen LogP contribution >= 0.6 is 11.8 Å². The van der Waals surface area contributed by atoms with Gasteiger partial charge in [0, 0.05) is 18.2 Å². The highest BCUT2D eigenvalue weighted by Crippen LogP contribution is 2.40. The number of aliphatic imine (C=N–C) groups is 1. The van der Waals surface area contributed by atoms with Crippen molar-refractivity contribution in [2.45, 2.75) is 52.4 Å². The van der Waals surface area contributed by atoms with Crippen LogP contribution in [0.25, 0.3) is 6.08 Å². The van der Waals surface area contributed by atoms with Gasteiger partial charge in [0.1, 0.15) is 5.75 Å². The maximum Gasteiger partial charge on any atom is 0.264 e. The zero-order chi connectivity index (χ0) is 18.3. The van der Waals surface area contributed by atoms with Gasteiger partial charge in [-0.15, -0.1) is 0 Å². The Morgan fingerprint density at radius 2 is 1.58 bits per heavy atom. The van der Waals surface area contributed by atoms with Crippen molar-refractivity contribution in [1.82, 2.24) is 5.32 Å². The van der Waals surface area contributed by atoms with Crippen molar-refractivity contribution in [3.63, 3.8) is 0 Å². The fourth-order valence-electron chi connectivity index (χ4n) is 2.57. The van der Waals surface area contributed by atoms with Crippen LogP contribution in [0.1, 0.15) is 58.2 Å². The van der Waals surface area contributed by atoms with Crippen molar-refractivity contribution in [2.75, 3.05) is 7.05 Å². The minimum Gasteiger partial charge on any atom is -0.507 e. The van der Waals surface area contributed by atoms with E-state index in [0.717, 1.165) is 16.7 Å². The molecule has 130 valence electrons. The lowest BCUT2D eigenvalue weighted by Crippen LogP contribution is -2.19. The number of carbonyl (C=O) groups is 1. The standard InChI is InChI=1S/C19H26N2O2S/c1-18(2,3)12-8-11(9-13(15(12)22)19(4,5)6)10-14-16(23)21-17(20-7)24-14/h8-10,22H,1-7H3,(H,20,21,23). The highest BCUT2D eigenvalue weighted by atomic mass is 32.2. The highest BCUT2D eigenvalue weighted by Gasteiger charge is 2.27. The topological polar surface area (TPSA) is 61.7 Å². The van der Waals surface area contributed by atoms with Crippen LogP contribution in [0.5, 0.6) is 5.75 Å². The normalized spacial score (nSPS) is 19.2. The van der Waals surface area contributed by atoms with E-state index in [9.17, 15) is 9.90 Å². The maximum absolute atomic E-state index is 12.0. The lowest BCUT2D eigenvalue weighted by atomic mass is 9.78. The number of nitrogens with one attached hydrogen (secondary N) is 1. The fraction of sp³-hybridized carbons (Fsp3) is 0.474. The number of rotatable bonds is 1. The summed E-state index contributed by atoms with van der Waals surface area (Å²) in [5.41, 5.74) is 2.29. The Kier molecular flexibility index (Phi) is 4.86. The predicted molar refractivity (Wildman–Crippen MR) is 103 cm³/mol. The zero-order valence-corrected chi connectivity index (χ0v) is 16.3. The average Bonchev–Trinajstić information content (AvgIpc) is 2.78. The lowest BCUT2D eigenvalue weighted by molar-refractivity contribution is -0.115. The molecule has 1 amide bonds. The number of phenolic OH excluding ortho intramolecular Hbond substituents is 1. The second kappa shape index (κ2) is 6.28. The van der Waals surface area contributed by atoms with Crippen LogP contribution in [0.4, 0.5) is 0 Å². The molecule has 1 aliphatic rings. The van der Waals surface area contributed by atoms with E-state index in [2.05, 4.69) is 51.9 Å². The number of amidine groups is 1. The van der Waals surface area contributed by atoms with Gasteiger partial charge in [0.15, 0.2) is 5.17 Å². The monoisotopic (exact) mass is 346 g/mol. The molecule has 2 N–H and O–H groups in total. The molecule has 1 saturated heterocycles. The summed E-state index contributed by atoms with van der Waals surface area (Å²) in [5, 5.41) is 14.1. The first kappa shape index (κ1) is 18.6. The molecule has 0 atom stereocenters. The summed E-state index contributed by atoms with van der Waals surface area (Å²) in [6.45, 7) is 12.4. The largest absolute Gasteiger partial charge is 0.507 e. The Bertz CT molecular complexity index is 700. The number of nitrogens with zero attached hydrogens (tertiary/aromatic N) is 1. The molecule has 1 heterocycles. The number of aromatic hydroxyl groups is 1. The van der Waals surface area contributed by atoms with E-state index in [-0.39, 0.29) is 16.7 Å². The van der Waals surface area contributed by atoms with Gasteiger partial charge < -0.3 is 10.4 Å². The van der Waals surface area contributed by atoms with Gasteiger partial charge in [-0.05, 0) is 46.4 Å². The predicted octanol–water partition coefficient (Wildman–Crippen LogP) is 4.18. The van der Waals surface area contributed by atoms with Crippen LogP contribution in [0.2, 0.25) is 0 Å². The molecule has 2 rings (SSSR count). The van der Waals surface area contributed by atoms with Gasteiger partial charge in [-0.2, -0.15) is 0 Å². The van der Waals surface area contributed by atoms with Crippen molar-refractivity contribution in [2.24, 2.45) is 4.99 Å². The van der Waals surface area contributed by atoms with Gasteiger partial charge >= 0.3 is 0 Å². The first-order valence-electron chi connectivity index (χ1n) is 7.99. The second-order valence-corrected chi connectivity index (χ2v) is 9.09. The Hall–Kier alpha value is -1.75. The summed E-state index contributed by atoms with van der Waals surface area (Å²) in [6, 6.07) is 3.93. The molecule has 0 spiro atoms. The third-order valence-corrected chi connectivity index (χ3v) is 4.90. The molecule has 1 aliphatic heterocycles. The Morgan fingerprint density at radius 1 is 1.08 bits per heavy atom. The minimum atomic E-state index is -0.195. The summed E-state index contributed by atoms with van der Waals surface area (Å²) < 4.78 is 0. The smallest absolute Gasteiger partial charge is 0.264 e. The molecule has 1 aromatic carbocycles. The van der Waals surface area contributed by atoms with Crippen molar-refractivity contribution < 1.29 is 9.90 Å². The quantitative estimate of drug-likeness (QED) is 0.750. The van der Waals surface area contributed by atoms with Crippen LogP contribution in [-0.4, -0.2) is 23.2 Å². The van der Waals surface area contributed by atoms with Crippen LogP contribution in [0, 0.1) is 0 Å². The maximum atomic E-state index is 12.0. The van der Waals surface area contributed by atoms with Crippen LogP contribution in [0.15, 0.2) is 22.0 Å². The van der Waals surface area contributed by atoms with Gasteiger partial charge in [0.25, 0.3) is 5.91 Å². The molecule has 0 unspecified atom stereocenters. The Labute approximate surface area is 148 Å². The van der Waals surface area contributed by atoms with Crippen LogP contribution < -0.4 is 5.32 Å². The molecule has 0 saturated carbocycles. The van der Waals surface area contributed by atoms with Gasteiger partial charge in [-0.1, -0.05) is 41.5 Å². The van der Waals surface area contributed by atoms with Crippen molar-refractivity contribution >= 4 is 28.9 Å². The van der Waals surface area contributed by atoms with Gasteiger partial charge in [0.2, 0.25) is 0 Å². The molecule has 4 nitrogen and oxygen atoms in total. The Balaban J connectivity index is 2.62. The van der Waals surface area contributed by atoms with E-state index in [1.807, 2.05) is 18.2 Å². The van der Waals surface area contributed by atoms with Gasteiger partial charge in [-0.25, -0.2) is 0 Å². The summed E-state index contributed by atoms with van der Waals surface area (Å²) in [7, 11) is 1.65. The van der Waals surface area contributed by atoms with E-state index in [0.29, 0.717) is 15.8 Å². The second-order valence-electron chi connectivity index (χ2n) is 8.06. The molecule has 0 bridgehead atoms. The number of benzene rings is 1. The molecule has 1 fully saturated rings. The molecule has 0 radical (unpaired) electrons. The van der Waals surface area contributed by atoms with Crippen LogP contribution in [0.3, 0.4) is 0 Å². The number of amides is 1.